The smallest absolute Gasteiger partial charge is 0.217 e. The predicted octanol–water partition coefficient (Wildman–Crippen LogP) is 1.39. The normalized spacial score (nSPS) is 23.5. The Balaban J connectivity index is 1.73. The highest BCUT2D eigenvalue weighted by Crippen LogP contribution is 2.20. The third-order valence-corrected chi connectivity index (χ3v) is 5.09. The second kappa shape index (κ2) is 5.75. The lowest BCUT2D eigenvalue weighted by Gasteiger charge is -2.28. The van der Waals surface area contributed by atoms with Crippen LogP contribution in [-0.2, 0) is 15.8 Å². The number of para-hydroxylation sites is 1. The Kier molecular flexibility index (Phi) is 3.97. The van der Waals surface area contributed by atoms with Crippen LogP contribution in [0.1, 0.15) is 25.5 Å². The lowest BCUT2D eigenvalue weighted by Crippen LogP contribution is -2.46. The van der Waals surface area contributed by atoms with E-state index in [9.17, 15) is 8.42 Å². The Labute approximate surface area is 123 Å². The zero-order valence-electron chi connectivity index (χ0n) is 11.9. The minimum absolute atomic E-state index is 0.00980. The Morgan fingerprint density at radius 3 is 3.05 bits per heavy atom. The van der Waals surface area contributed by atoms with Gasteiger partial charge in [-0.2, -0.15) is 0 Å². The molecule has 6 nitrogen and oxygen atoms in total. The summed E-state index contributed by atoms with van der Waals surface area (Å²) in [6.07, 6.45) is 1.61. The SMILES string of the molecule is CC1CC(NS(=O)(=O)Cc2noc3ccccc23)CCN1. The van der Waals surface area contributed by atoms with Gasteiger partial charge in [-0.15, -0.1) is 0 Å². The molecule has 1 fully saturated rings. The van der Waals surface area contributed by atoms with E-state index in [0.717, 1.165) is 24.8 Å². The van der Waals surface area contributed by atoms with Crippen LogP contribution < -0.4 is 10.0 Å². The van der Waals surface area contributed by atoms with Crippen molar-refractivity contribution in [1.82, 2.24) is 15.2 Å². The van der Waals surface area contributed by atoms with Crippen molar-refractivity contribution in [2.75, 3.05) is 6.54 Å². The van der Waals surface area contributed by atoms with Gasteiger partial charge in [-0.05, 0) is 38.4 Å². The molecular weight excluding hydrogens is 290 g/mol. The van der Waals surface area contributed by atoms with E-state index < -0.39 is 10.0 Å². The molecule has 1 saturated heterocycles. The van der Waals surface area contributed by atoms with Gasteiger partial charge in [0.25, 0.3) is 0 Å². The molecule has 1 aliphatic heterocycles. The van der Waals surface area contributed by atoms with E-state index in [1.165, 1.54) is 0 Å². The van der Waals surface area contributed by atoms with E-state index in [2.05, 4.69) is 22.1 Å². The highest BCUT2D eigenvalue weighted by Gasteiger charge is 2.24. The molecule has 21 heavy (non-hydrogen) atoms. The van der Waals surface area contributed by atoms with Crippen molar-refractivity contribution in [3.8, 4) is 0 Å². The number of piperidine rings is 1. The summed E-state index contributed by atoms with van der Waals surface area (Å²) < 4.78 is 32.5. The summed E-state index contributed by atoms with van der Waals surface area (Å²) >= 11 is 0. The van der Waals surface area contributed by atoms with Crippen LogP contribution in [0.5, 0.6) is 0 Å². The Bertz CT molecular complexity index is 726. The molecule has 1 aromatic heterocycles. The fourth-order valence-corrected chi connectivity index (χ4v) is 4.13. The standard InChI is InChI=1S/C14H19N3O3S/c1-10-8-11(6-7-15-10)17-21(18,19)9-13-12-4-2-3-5-14(12)20-16-13/h2-5,10-11,15,17H,6-9H2,1H3. The first-order valence-electron chi connectivity index (χ1n) is 7.10. The number of rotatable bonds is 4. The Morgan fingerprint density at radius 1 is 1.43 bits per heavy atom. The summed E-state index contributed by atoms with van der Waals surface area (Å²) in [5, 5.41) is 7.94. The van der Waals surface area contributed by atoms with Gasteiger partial charge in [0.2, 0.25) is 10.0 Å². The molecule has 0 bridgehead atoms. The zero-order chi connectivity index (χ0) is 14.9. The van der Waals surface area contributed by atoms with E-state index in [4.69, 9.17) is 4.52 Å². The zero-order valence-corrected chi connectivity index (χ0v) is 12.7. The van der Waals surface area contributed by atoms with Gasteiger partial charge in [0.15, 0.2) is 5.58 Å². The molecule has 1 aliphatic rings. The highest BCUT2D eigenvalue weighted by molar-refractivity contribution is 7.88. The van der Waals surface area contributed by atoms with Crippen LogP contribution in [0.25, 0.3) is 11.0 Å². The number of sulfonamides is 1. The van der Waals surface area contributed by atoms with Crippen molar-refractivity contribution >= 4 is 21.0 Å². The third-order valence-electron chi connectivity index (χ3n) is 3.75. The third kappa shape index (κ3) is 3.42. The van der Waals surface area contributed by atoms with Gasteiger partial charge >= 0.3 is 0 Å². The Morgan fingerprint density at radius 2 is 2.24 bits per heavy atom. The van der Waals surface area contributed by atoms with Gasteiger partial charge < -0.3 is 9.84 Å². The van der Waals surface area contributed by atoms with Gasteiger partial charge in [0.1, 0.15) is 11.4 Å². The molecule has 2 atom stereocenters. The van der Waals surface area contributed by atoms with Crippen molar-refractivity contribution < 1.29 is 12.9 Å². The van der Waals surface area contributed by atoms with Gasteiger partial charge in [0, 0.05) is 17.5 Å². The Hall–Kier alpha value is -1.44. The molecule has 7 heteroatoms. The van der Waals surface area contributed by atoms with Gasteiger partial charge in [0.05, 0.1) is 0 Å². The molecule has 0 aliphatic carbocycles. The summed E-state index contributed by atoms with van der Waals surface area (Å²) in [5.74, 6) is -0.150. The van der Waals surface area contributed by atoms with Gasteiger partial charge in [-0.3, -0.25) is 0 Å². The lowest BCUT2D eigenvalue weighted by molar-refractivity contribution is 0.361. The van der Waals surface area contributed by atoms with Crippen LogP contribution in [-0.4, -0.2) is 32.2 Å². The average molecular weight is 309 g/mol. The topological polar surface area (TPSA) is 84.2 Å². The number of nitrogens with one attached hydrogen (secondary N) is 2. The minimum atomic E-state index is -3.42. The maximum absolute atomic E-state index is 12.3. The molecule has 1 aromatic carbocycles. The molecule has 2 heterocycles. The van der Waals surface area contributed by atoms with Crippen LogP contribution in [0.4, 0.5) is 0 Å². The molecule has 0 spiro atoms. The number of fused-ring (bicyclic) bond motifs is 1. The molecular formula is C14H19N3O3S. The lowest BCUT2D eigenvalue weighted by atomic mass is 10.0. The van der Waals surface area contributed by atoms with E-state index in [0.29, 0.717) is 17.3 Å². The number of nitrogens with zero attached hydrogens (tertiary/aromatic N) is 1. The maximum atomic E-state index is 12.3. The predicted molar refractivity (Wildman–Crippen MR) is 80.3 cm³/mol. The molecule has 2 aromatic rings. The van der Waals surface area contributed by atoms with E-state index in [-0.39, 0.29) is 11.8 Å². The fourth-order valence-electron chi connectivity index (χ4n) is 2.76. The number of aromatic nitrogens is 1. The number of hydrogen-bond acceptors (Lipinski definition) is 5. The van der Waals surface area contributed by atoms with E-state index in [1.54, 1.807) is 6.07 Å². The summed E-state index contributed by atoms with van der Waals surface area (Å²) in [4.78, 5) is 0. The molecule has 0 saturated carbocycles. The van der Waals surface area contributed by atoms with Crippen molar-refractivity contribution in [3.63, 3.8) is 0 Å². The average Bonchev–Trinajstić information content (AvgIpc) is 2.81. The quantitative estimate of drug-likeness (QED) is 0.891. The summed E-state index contributed by atoms with van der Waals surface area (Å²) in [5.41, 5.74) is 1.07. The fraction of sp³-hybridized carbons (Fsp3) is 0.500. The second-order valence-electron chi connectivity index (χ2n) is 5.58. The van der Waals surface area contributed by atoms with Crippen LogP contribution in [0.2, 0.25) is 0 Å². The van der Waals surface area contributed by atoms with E-state index in [1.807, 2.05) is 18.2 Å². The van der Waals surface area contributed by atoms with Crippen LogP contribution in [0, 0.1) is 0 Å². The van der Waals surface area contributed by atoms with Crippen molar-refractivity contribution in [2.45, 2.75) is 37.6 Å². The largest absolute Gasteiger partial charge is 0.356 e. The molecule has 3 rings (SSSR count). The van der Waals surface area contributed by atoms with Crippen LogP contribution in [0.3, 0.4) is 0 Å². The summed E-state index contributed by atoms with van der Waals surface area (Å²) in [6, 6.07) is 7.60. The van der Waals surface area contributed by atoms with Crippen molar-refractivity contribution in [2.24, 2.45) is 0 Å². The minimum Gasteiger partial charge on any atom is -0.356 e. The summed E-state index contributed by atoms with van der Waals surface area (Å²) in [7, 11) is -3.42. The number of hydrogen-bond donors (Lipinski definition) is 2. The maximum Gasteiger partial charge on any atom is 0.217 e. The molecule has 2 N–H and O–H groups in total. The number of benzene rings is 1. The molecule has 114 valence electrons. The first kappa shape index (κ1) is 14.5. The monoisotopic (exact) mass is 309 g/mol. The van der Waals surface area contributed by atoms with Crippen LogP contribution >= 0.6 is 0 Å². The van der Waals surface area contributed by atoms with Crippen molar-refractivity contribution in [1.29, 1.82) is 0 Å². The van der Waals surface area contributed by atoms with Crippen molar-refractivity contribution in [3.05, 3.63) is 30.0 Å². The first-order chi connectivity index (χ1) is 10.0. The summed E-state index contributed by atoms with van der Waals surface area (Å²) in [6.45, 7) is 2.90. The molecule has 0 radical (unpaired) electrons. The molecule has 2 unspecified atom stereocenters. The van der Waals surface area contributed by atoms with Gasteiger partial charge in [-0.25, -0.2) is 13.1 Å². The van der Waals surface area contributed by atoms with Crippen LogP contribution in [0.15, 0.2) is 28.8 Å². The molecule has 0 amide bonds. The van der Waals surface area contributed by atoms with E-state index >= 15 is 0 Å². The highest BCUT2D eigenvalue weighted by atomic mass is 32.2. The first-order valence-corrected chi connectivity index (χ1v) is 8.75. The van der Waals surface area contributed by atoms with Gasteiger partial charge in [-0.1, -0.05) is 17.3 Å². The second-order valence-corrected chi connectivity index (χ2v) is 7.33.